The van der Waals surface area contributed by atoms with E-state index in [4.69, 9.17) is 5.73 Å². The minimum atomic E-state index is -0.284. The standard InChI is InChI=1S/C18H24N4O3/c19-16(23)10-13-6-8-21(9-7-13)18(25)20-14-11-17(24)22(12-14)15-4-2-1-3-5-15/h1-5,13-14H,6-12H2,(H2,19,23)(H,20,25). The molecule has 0 saturated carbocycles. The maximum atomic E-state index is 12.4. The van der Waals surface area contributed by atoms with Gasteiger partial charge in [0, 0.05) is 38.2 Å². The summed E-state index contributed by atoms with van der Waals surface area (Å²) in [4.78, 5) is 39.1. The highest BCUT2D eigenvalue weighted by Crippen LogP contribution is 2.22. The zero-order valence-electron chi connectivity index (χ0n) is 14.2. The van der Waals surface area contributed by atoms with Gasteiger partial charge in [0.25, 0.3) is 0 Å². The topological polar surface area (TPSA) is 95.7 Å². The number of nitrogens with zero attached hydrogens (tertiary/aromatic N) is 2. The Morgan fingerprint density at radius 1 is 1.16 bits per heavy atom. The summed E-state index contributed by atoms with van der Waals surface area (Å²) in [5.74, 6) is 0.00761. The first kappa shape index (κ1) is 17.3. The summed E-state index contributed by atoms with van der Waals surface area (Å²) >= 11 is 0. The summed E-state index contributed by atoms with van der Waals surface area (Å²) in [6.45, 7) is 1.73. The number of hydrogen-bond donors (Lipinski definition) is 2. The summed E-state index contributed by atoms with van der Waals surface area (Å²) in [5, 5.41) is 2.97. The number of carbonyl (C=O) groups excluding carboxylic acids is 3. The van der Waals surface area contributed by atoms with E-state index in [0.29, 0.717) is 32.5 Å². The lowest BCUT2D eigenvalue weighted by atomic mass is 9.93. The molecule has 3 N–H and O–H groups in total. The molecule has 1 aromatic rings. The lowest BCUT2D eigenvalue weighted by molar-refractivity contribution is -0.119. The van der Waals surface area contributed by atoms with Crippen molar-refractivity contribution in [3.05, 3.63) is 30.3 Å². The van der Waals surface area contributed by atoms with Crippen molar-refractivity contribution in [2.75, 3.05) is 24.5 Å². The number of nitrogens with two attached hydrogens (primary N) is 1. The Hall–Kier alpha value is -2.57. The first-order valence-electron chi connectivity index (χ1n) is 8.72. The number of likely N-dealkylation sites (tertiary alicyclic amines) is 1. The van der Waals surface area contributed by atoms with Crippen LogP contribution >= 0.6 is 0 Å². The predicted octanol–water partition coefficient (Wildman–Crippen LogP) is 1.09. The van der Waals surface area contributed by atoms with Gasteiger partial charge >= 0.3 is 6.03 Å². The number of hydrogen-bond acceptors (Lipinski definition) is 3. The maximum absolute atomic E-state index is 12.4. The van der Waals surface area contributed by atoms with E-state index >= 15 is 0 Å². The molecular weight excluding hydrogens is 320 g/mol. The van der Waals surface area contributed by atoms with E-state index in [1.54, 1.807) is 9.80 Å². The fraction of sp³-hybridized carbons (Fsp3) is 0.500. The average molecular weight is 344 g/mol. The third-order valence-electron chi connectivity index (χ3n) is 4.91. The predicted molar refractivity (Wildman–Crippen MR) is 93.8 cm³/mol. The molecule has 0 spiro atoms. The number of anilines is 1. The number of rotatable bonds is 4. The monoisotopic (exact) mass is 344 g/mol. The minimum Gasteiger partial charge on any atom is -0.370 e. The van der Waals surface area contributed by atoms with Crippen molar-refractivity contribution in [2.45, 2.75) is 31.7 Å². The van der Waals surface area contributed by atoms with Gasteiger partial charge in [-0.05, 0) is 30.9 Å². The van der Waals surface area contributed by atoms with Gasteiger partial charge in [0.05, 0.1) is 6.04 Å². The Kier molecular flexibility index (Phi) is 5.21. The molecule has 2 saturated heterocycles. The summed E-state index contributed by atoms with van der Waals surface area (Å²) in [6.07, 6.45) is 2.28. The van der Waals surface area contributed by atoms with Crippen LogP contribution in [0.5, 0.6) is 0 Å². The van der Waals surface area contributed by atoms with Crippen LogP contribution in [0, 0.1) is 5.92 Å². The van der Waals surface area contributed by atoms with Gasteiger partial charge in [-0.3, -0.25) is 9.59 Å². The van der Waals surface area contributed by atoms with Crippen molar-refractivity contribution in [2.24, 2.45) is 11.7 Å². The van der Waals surface area contributed by atoms with Crippen LogP contribution in [0.1, 0.15) is 25.7 Å². The van der Waals surface area contributed by atoms with Crippen LogP contribution in [0.25, 0.3) is 0 Å². The van der Waals surface area contributed by atoms with Gasteiger partial charge in [0.2, 0.25) is 11.8 Å². The molecule has 2 fully saturated rings. The number of primary amides is 1. The van der Waals surface area contributed by atoms with Crippen LogP contribution in [0.2, 0.25) is 0 Å². The van der Waals surface area contributed by atoms with Crippen molar-refractivity contribution in [3.63, 3.8) is 0 Å². The molecule has 134 valence electrons. The highest BCUT2D eigenvalue weighted by Gasteiger charge is 2.33. The Bertz CT molecular complexity index is 641. The highest BCUT2D eigenvalue weighted by atomic mass is 16.2. The van der Waals surface area contributed by atoms with Crippen molar-refractivity contribution < 1.29 is 14.4 Å². The molecule has 0 aromatic heterocycles. The van der Waals surface area contributed by atoms with Crippen LogP contribution in [0.15, 0.2) is 30.3 Å². The van der Waals surface area contributed by atoms with Gasteiger partial charge in [-0.25, -0.2) is 4.79 Å². The number of para-hydroxylation sites is 1. The second kappa shape index (κ2) is 7.55. The van der Waals surface area contributed by atoms with Crippen molar-refractivity contribution >= 4 is 23.5 Å². The molecule has 0 radical (unpaired) electrons. The Morgan fingerprint density at radius 2 is 1.84 bits per heavy atom. The number of nitrogens with one attached hydrogen (secondary N) is 1. The third kappa shape index (κ3) is 4.29. The van der Waals surface area contributed by atoms with E-state index < -0.39 is 0 Å². The molecule has 1 atom stereocenters. The molecule has 7 heteroatoms. The minimum absolute atomic E-state index is 0.0247. The molecule has 7 nitrogen and oxygen atoms in total. The average Bonchev–Trinajstić information content (AvgIpc) is 2.96. The lowest BCUT2D eigenvalue weighted by Crippen LogP contribution is -2.48. The van der Waals surface area contributed by atoms with Crippen LogP contribution in [-0.2, 0) is 9.59 Å². The summed E-state index contributed by atoms with van der Waals surface area (Å²) in [7, 11) is 0. The maximum Gasteiger partial charge on any atom is 0.317 e. The zero-order valence-corrected chi connectivity index (χ0v) is 14.2. The molecule has 25 heavy (non-hydrogen) atoms. The molecule has 2 heterocycles. The SMILES string of the molecule is NC(=O)CC1CCN(C(=O)NC2CC(=O)N(c3ccccc3)C2)CC1. The van der Waals surface area contributed by atoms with Gasteiger partial charge in [-0.1, -0.05) is 18.2 Å². The first-order valence-corrected chi connectivity index (χ1v) is 8.72. The molecule has 2 aliphatic heterocycles. The van der Waals surface area contributed by atoms with E-state index in [-0.39, 0.29) is 29.8 Å². The number of urea groups is 1. The fourth-order valence-corrected chi connectivity index (χ4v) is 3.55. The van der Waals surface area contributed by atoms with Gasteiger partial charge in [0.1, 0.15) is 0 Å². The molecule has 4 amide bonds. The molecule has 0 aliphatic carbocycles. The van der Waals surface area contributed by atoms with Gasteiger partial charge in [-0.2, -0.15) is 0 Å². The summed E-state index contributed by atoms with van der Waals surface area (Å²) in [6, 6.07) is 9.17. The van der Waals surface area contributed by atoms with E-state index in [0.717, 1.165) is 18.5 Å². The second-order valence-electron chi connectivity index (χ2n) is 6.79. The van der Waals surface area contributed by atoms with Gasteiger partial charge in [0.15, 0.2) is 0 Å². The third-order valence-corrected chi connectivity index (χ3v) is 4.91. The van der Waals surface area contributed by atoms with E-state index in [1.165, 1.54) is 0 Å². The quantitative estimate of drug-likeness (QED) is 0.856. The molecular formula is C18H24N4O3. The largest absolute Gasteiger partial charge is 0.370 e. The van der Waals surface area contributed by atoms with Crippen LogP contribution < -0.4 is 16.0 Å². The smallest absolute Gasteiger partial charge is 0.317 e. The second-order valence-corrected chi connectivity index (χ2v) is 6.79. The van der Waals surface area contributed by atoms with Crippen LogP contribution in [0.4, 0.5) is 10.5 Å². The molecule has 1 aromatic carbocycles. The van der Waals surface area contributed by atoms with Crippen LogP contribution in [0.3, 0.4) is 0 Å². The normalized spacial score (nSPS) is 21.4. The van der Waals surface area contributed by atoms with Crippen molar-refractivity contribution in [1.29, 1.82) is 0 Å². The van der Waals surface area contributed by atoms with E-state index in [2.05, 4.69) is 5.32 Å². The number of piperidine rings is 1. The van der Waals surface area contributed by atoms with Crippen molar-refractivity contribution in [3.8, 4) is 0 Å². The molecule has 0 bridgehead atoms. The van der Waals surface area contributed by atoms with E-state index in [1.807, 2.05) is 30.3 Å². The van der Waals surface area contributed by atoms with Crippen molar-refractivity contribution in [1.82, 2.24) is 10.2 Å². The summed E-state index contributed by atoms with van der Waals surface area (Å²) < 4.78 is 0. The zero-order chi connectivity index (χ0) is 17.8. The van der Waals surface area contributed by atoms with Gasteiger partial charge < -0.3 is 20.9 Å². The Morgan fingerprint density at radius 3 is 2.48 bits per heavy atom. The van der Waals surface area contributed by atoms with E-state index in [9.17, 15) is 14.4 Å². The van der Waals surface area contributed by atoms with Gasteiger partial charge in [-0.15, -0.1) is 0 Å². The number of carbonyl (C=O) groups is 3. The Labute approximate surface area is 147 Å². The number of amides is 4. The molecule has 3 rings (SSSR count). The molecule has 1 unspecified atom stereocenters. The number of benzene rings is 1. The van der Waals surface area contributed by atoms with Crippen LogP contribution in [-0.4, -0.2) is 48.4 Å². The highest BCUT2D eigenvalue weighted by molar-refractivity contribution is 5.96. The fourth-order valence-electron chi connectivity index (χ4n) is 3.55. The first-order chi connectivity index (χ1) is 12.0. The lowest BCUT2D eigenvalue weighted by Gasteiger charge is -2.32. The Balaban J connectivity index is 1.49. The summed E-state index contributed by atoms with van der Waals surface area (Å²) in [5.41, 5.74) is 6.09. The molecule has 2 aliphatic rings.